The van der Waals surface area contributed by atoms with Gasteiger partial charge < -0.3 is 20.1 Å². The van der Waals surface area contributed by atoms with Crippen LogP contribution in [0.3, 0.4) is 0 Å². The Morgan fingerprint density at radius 3 is 2.66 bits per heavy atom. The zero-order valence-corrected chi connectivity index (χ0v) is 20.3. The number of hydrazine groups is 1. The normalized spacial score (nSPS) is 18.7. The Labute approximate surface area is 205 Å². The highest BCUT2D eigenvalue weighted by atomic mass is 16.5. The second-order valence-electron chi connectivity index (χ2n) is 9.17. The van der Waals surface area contributed by atoms with Crippen LogP contribution in [0.2, 0.25) is 0 Å². The van der Waals surface area contributed by atoms with Gasteiger partial charge in [0.2, 0.25) is 11.8 Å². The number of methoxy groups -OCH3 is 1. The van der Waals surface area contributed by atoms with Crippen molar-refractivity contribution >= 4 is 23.7 Å². The maximum Gasteiger partial charge on any atom is 0.304 e. The number of rotatable bonds is 10. The maximum atomic E-state index is 13.4. The monoisotopic (exact) mass is 488 g/mol. The van der Waals surface area contributed by atoms with E-state index in [1.807, 2.05) is 0 Å². The van der Waals surface area contributed by atoms with Crippen molar-refractivity contribution in [1.82, 2.24) is 20.7 Å². The molecule has 2 aliphatic rings. The highest BCUT2D eigenvalue weighted by molar-refractivity contribution is 6.05. The van der Waals surface area contributed by atoms with E-state index in [-0.39, 0.29) is 31.0 Å². The lowest BCUT2D eigenvalue weighted by molar-refractivity contribution is -0.142. The summed E-state index contributed by atoms with van der Waals surface area (Å²) in [5, 5.41) is 13.2. The van der Waals surface area contributed by atoms with Crippen molar-refractivity contribution in [3.8, 4) is 5.75 Å². The molecule has 0 radical (unpaired) electrons. The third-order valence-electron chi connectivity index (χ3n) is 6.70. The number of nitrogens with zero attached hydrogens (tertiary/aromatic N) is 2. The summed E-state index contributed by atoms with van der Waals surface area (Å²) in [5.74, 6) is -1.56. The molecule has 1 atom stereocenters. The smallest absolute Gasteiger partial charge is 0.304 e. The summed E-state index contributed by atoms with van der Waals surface area (Å²) in [7, 11) is 1.48. The first kappa shape index (κ1) is 26.6. The number of ether oxygens (including phenoxy) is 1. The first-order valence-electron chi connectivity index (χ1n) is 12.3. The zero-order chi connectivity index (χ0) is 25.2. The summed E-state index contributed by atoms with van der Waals surface area (Å²) in [6.45, 7) is 2.76. The number of imide groups is 1. The fourth-order valence-corrected chi connectivity index (χ4v) is 4.65. The summed E-state index contributed by atoms with van der Waals surface area (Å²) in [6, 6.07) is 6.44. The van der Waals surface area contributed by atoms with Crippen LogP contribution >= 0.6 is 0 Å². The molecule has 0 bridgehead atoms. The number of hydrogen-bond acceptors (Lipinski definition) is 7. The van der Waals surface area contributed by atoms with E-state index in [0.717, 1.165) is 37.4 Å². The van der Waals surface area contributed by atoms with E-state index >= 15 is 0 Å². The summed E-state index contributed by atoms with van der Waals surface area (Å²) < 4.78 is 5.18. The lowest BCUT2D eigenvalue weighted by Crippen LogP contribution is -2.53. The van der Waals surface area contributed by atoms with Crippen LogP contribution in [0.25, 0.3) is 0 Å². The average Bonchev–Trinajstić information content (AvgIpc) is 2.89. The number of piperidine rings is 2. The van der Waals surface area contributed by atoms with Gasteiger partial charge in [-0.1, -0.05) is 6.07 Å². The Morgan fingerprint density at radius 1 is 1.17 bits per heavy atom. The summed E-state index contributed by atoms with van der Waals surface area (Å²) in [5.41, 5.74) is 2.94. The van der Waals surface area contributed by atoms with Crippen LogP contribution in [-0.2, 0) is 14.4 Å². The minimum Gasteiger partial charge on any atom is -0.497 e. The molecule has 0 aliphatic carbocycles. The fourth-order valence-electron chi connectivity index (χ4n) is 4.65. The van der Waals surface area contributed by atoms with Crippen LogP contribution in [0.5, 0.6) is 5.75 Å². The molecule has 10 nitrogen and oxygen atoms in total. The molecule has 0 unspecified atom stereocenters. The van der Waals surface area contributed by atoms with Crippen molar-refractivity contribution in [2.45, 2.75) is 44.9 Å². The Kier molecular flexibility index (Phi) is 10.0. The number of hydrogen-bond donors (Lipinski definition) is 3. The molecule has 1 aromatic carbocycles. The number of nitrogens with one attached hydrogen (secondary N) is 2. The van der Waals surface area contributed by atoms with Gasteiger partial charge in [0.25, 0.3) is 5.91 Å². The van der Waals surface area contributed by atoms with Gasteiger partial charge in [-0.2, -0.15) is 0 Å². The second-order valence-corrected chi connectivity index (χ2v) is 9.17. The molecule has 10 heteroatoms. The van der Waals surface area contributed by atoms with Gasteiger partial charge in [-0.3, -0.25) is 19.2 Å². The van der Waals surface area contributed by atoms with Crippen molar-refractivity contribution in [2.75, 3.05) is 39.8 Å². The Morgan fingerprint density at radius 2 is 1.94 bits per heavy atom. The average molecular weight is 489 g/mol. The molecule has 0 aromatic heterocycles. The minimum absolute atomic E-state index is 0.0468. The molecule has 3 rings (SSSR count). The number of carboxylic acids is 1. The van der Waals surface area contributed by atoms with Crippen LogP contribution in [0, 0.1) is 11.8 Å². The number of carbonyl (C=O) groups excluding carboxylic acids is 3. The highest BCUT2D eigenvalue weighted by Gasteiger charge is 2.34. The Bertz CT molecular complexity index is 902. The number of aliphatic carboxylic acids is 1. The molecule has 35 heavy (non-hydrogen) atoms. The number of likely N-dealkylation sites (tertiary alicyclic amines) is 1. The molecule has 2 fully saturated rings. The Balaban J connectivity index is 1.66. The van der Waals surface area contributed by atoms with E-state index in [1.54, 1.807) is 23.1 Å². The summed E-state index contributed by atoms with van der Waals surface area (Å²) in [6.07, 6.45) is 4.46. The van der Waals surface area contributed by atoms with Crippen molar-refractivity contribution in [2.24, 2.45) is 11.8 Å². The predicted octanol–water partition coefficient (Wildman–Crippen LogP) is 1.66. The van der Waals surface area contributed by atoms with Gasteiger partial charge in [0.1, 0.15) is 5.75 Å². The van der Waals surface area contributed by atoms with Crippen LogP contribution in [0.15, 0.2) is 24.3 Å². The predicted molar refractivity (Wildman–Crippen MR) is 129 cm³/mol. The van der Waals surface area contributed by atoms with E-state index in [2.05, 4.69) is 10.7 Å². The van der Waals surface area contributed by atoms with Gasteiger partial charge in [0.05, 0.1) is 19.4 Å². The van der Waals surface area contributed by atoms with E-state index in [0.29, 0.717) is 37.5 Å². The molecular weight excluding hydrogens is 452 g/mol. The number of amides is 3. The van der Waals surface area contributed by atoms with Gasteiger partial charge in [-0.15, -0.1) is 0 Å². The van der Waals surface area contributed by atoms with Crippen molar-refractivity contribution in [3.63, 3.8) is 0 Å². The van der Waals surface area contributed by atoms with Gasteiger partial charge in [-0.25, -0.2) is 10.4 Å². The SMILES string of the molecule is COc1cccc(C(=O)N(NCCC(=O)O)C(=O)[C@@H]2CCCN(C(=O)CCC3CCNCC3)C2)c1. The van der Waals surface area contributed by atoms with Crippen LogP contribution in [0.1, 0.15) is 55.3 Å². The van der Waals surface area contributed by atoms with Crippen molar-refractivity contribution < 1.29 is 29.0 Å². The molecule has 3 N–H and O–H groups in total. The standard InChI is InChI=1S/C25H36N4O6/c1-35-21-6-2-4-19(16-21)24(33)29(27-14-11-23(31)32)25(34)20-5-3-15-28(17-20)22(30)8-7-18-9-12-26-13-10-18/h2,4,6,16,18,20,26-27H,3,5,7-15,17H2,1H3,(H,31,32)/t20-/m1/s1. The number of carbonyl (C=O) groups is 4. The number of carboxylic acid groups (broad SMARTS) is 1. The third kappa shape index (κ3) is 7.76. The summed E-state index contributed by atoms with van der Waals surface area (Å²) >= 11 is 0. The molecule has 0 spiro atoms. The van der Waals surface area contributed by atoms with E-state index in [1.165, 1.54) is 13.2 Å². The highest BCUT2D eigenvalue weighted by Crippen LogP contribution is 2.23. The molecule has 3 amide bonds. The first-order valence-corrected chi connectivity index (χ1v) is 12.3. The lowest BCUT2D eigenvalue weighted by Gasteiger charge is -2.35. The van der Waals surface area contributed by atoms with Crippen LogP contribution in [0.4, 0.5) is 0 Å². The minimum atomic E-state index is -1.04. The topological polar surface area (TPSA) is 128 Å². The largest absolute Gasteiger partial charge is 0.497 e. The molecule has 0 saturated carbocycles. The molecular formula is C25H36N4O6. The molecule has 1 aromatic rings. The fraction of sp³-hybridized carbons (Fsp3) is 0.600. The van der Waals surface area contributed by atoms with Crippen molar-refractivity contribution in [3.05, 3.63) is 29.8 Å². The quantitative estimate of drug-likeness (QED) is 0.335. The summed E-state index contributed by atoms with van der Waals surface area (Å²) in [4.78, 5) is 52.2. The molecule has 2 saturated heterocycles. The van der Waals surface area contributed by atoms with E-state index < -0.39 is 23.7 Å². The Hall–Kier alpha value is -2.98. The number of benzene rings is 1. The van der Waals surface area contributed by atoms with E-state index in [9.17, 15) is 19.2 Å². The third-order valence-corrected chi connectivity index (χ3v) is 6.70. The van der Waals surface area contributed by atoms with Gasteiger partial charge in [0.15, 0.2) is 0 Å². The van der Waals surface area contributed by atoms with Gasteiger partial charge >= 0.3 is 5.97 Å². The first-order chi connectivity index (χ1) is 16.9. The second kappa shape index (κ2) is 13.2. The van der Waals surface area contributed by atoms with Gasteiger partial charge in [-0.05, 0) is 69.3 Å². The molecule has 192 valence electrons. The van der Waals surface area contributed by atoms with Crippen LogP contribution < -0.4 is 15.5 Å². The lowest BCUT2D eigenvalue weighted by atomic mass is 9.92. The molecule has 2 heterocycles. The van der Waals surface area contributed by atoms with Crippen LogP contribution in [-0.4, -0.2) is 78.5 Å². The van der Waals surface area contributed by atoms with E-state index in [4.69, 9.17) is 9.84 Å². The van der Waals surface area contributed by atoms with Gasteiger partial charge in [0, 0.05) is 31.6 Å². The van der Waals surface area contributed by atoms with Crippen molar-refractivity contribution in [1.29, 1.82) is 0 Å². The molecule has 2 aliphatic heterocycles. The zero-order valence-electron chi connectivity index (χ0n) is 20.3. The maximum absolute atomic E-state index is 13.4.